The van der Waals surface area contributed by atoms with Crippen LogP contribution in [0.1, 0.15) is 0 Å². The Morgan fingerprint density at radius 2 is 1.84 bits per heavy atom. The standard InChI is InChI=1S/C19H19F4N4O3P/c1-26-16(6-7-24-26)15-8-17(28)27(18(25-15)30-14(9-20)10-21)12-2-4-13(5-3-12)29-11-19(22,23)31/h2-8,14H,9-11,31H2,1H3. The van der Waals surface area contributed by atoms with Crippen LogP contribution in [0.25, 0.3) is 17.1 Å². The first-order valence-electron chi connectivity index (χ1n) is 9.03. The molecule has 0 aliphatic rings. The fourth-order valence-electron chi connectivity index (χ4n) is 2.66. The summed E-state index contributed by atoms with van der Waals surface area (Å²) in [4.78, 5) is 17.1. The first-order valence-corrected chi connectivity index (χ1v) is 9.60. The molecule has 0 saturated carbocycles. The molecule has 0 radical (unpaired) electrons. The van der Waals surface area contributed by atoms with Crippen molar-refractivity contribution in [3.63, 3.8) is 0 Å². The van der Waals surface area contributed by atoms with Crippen molar-refractivity contribution in [2.75, 3.05) is 20.0 Å². The molecule has 12 heteroatoms. The van der Waals surface area contributed by atoms with E-state index in [0.29, 0.717) is 5.69 Å². The molecule has 1 unspecified atom stereocenters. The summed E-state index contributed by atoms with van der Waals surface area (Å²) in [7, 11) is 3.02. The van der Waals surface area contributed by atoms with Gasteiger partial charge in [-0.2, -0.15) is 18.9 Å². The molecule has 0 aliphatic heterocycles. The number of benzene rings is 1. The molecule has 0 bridgehead atoms. The maximum atomic E-state index is 13.1. The quantitative estimate of drug-likeness (QED) is 0.364. The molecule has 1 aromatic carbocycles. The molecule has 1 atom stereocenters. The van der Waals surface area contributed by atoms with Crippen LogP contribution < -0.4 is 15.0 Å². The number of nitrogens with zero attached hydrogens (tertiary/aromatic N) is 4. The molecule has 0 aliphatic carbocycles. The molecule has 3 aromatic rings. The summed E-state index contributed by atoms with van der Waals surface area (Å²) >= 11 is 0. The third-order valence-electron chi connectivity index (χ3n) is 4.11. The number of hydrogen-bond donors (Lipinski definition) is 0. The van der Waals surface area contributed by atoms with E-state index in [1.807, 2.05) is 0 Å². The van der Waals surface area contributed by atoms with Crippen LogP contribution in [0.3, 0.4) is 0 Å². The molecule has 0 amide bonds. The zero-order chi connectivity index (χ0) is 22.6. The lowest BCUT2D eigenvalue weighted by atomic mass is 10.2. The van der Waals surface area contributed by atoms with Gasteiger partial charge in [0.15, 0.2) is 12.7 Å². The number of aryl methyl sites for hydroxylation is 1. The number of hydrogen-bond acceptors (Lipinski definition) is 5. The van der Waals surface area contributed by atoms with Crippen LogP contribution in [-0.2, 0) is 7.05 Å². The lowest BCUT2D eigenvalue weighted by molar-refractivity contribution is 0.0462. The average molecular weight is 458 g/mol. The van der Waals surface area contributed by atoms with E-state index in [9.17, 15) is 22.4 Å². The average Bonchev–Trinajstić information content (AvgIpc) is 3.16. The molecule has 7 nitrogen and oxygen atoms in total. The second-order valence-corrected chi connectivity index (χ2v) is 7.37. The minimum atomic E-state index is -3.09. The summed E-state index contributed by atoms with van der Waals surface area (Å²) in [5.41, 5.74) is -2.73. The highest BCUT2D eigenvalue weighted by atomic mass is 31.0. The van der Waals surface area contributed by atoms with Crippen molar-refractivity contribution >= 4 is 9.24 Å². The van der Waals surface area contributed by atoms with E-state index in [-0.39, 0.29) is 23.1 Å². The fourth-order valence-corrected chi connectivity index (χ4v) is 2.74. The van der Waals surface area contributed by atoms with Crippen LogP contribution in [0.2, 0.25) is 0 Å². The summed E-state index contributed by atoms with van der Waals surface area (Å²) in [6.45, 7) is -3.10. The SMILES string of the molecule is Cn1nccc1-c1cc(=O)n(-c2ccc(OCC(F)(F)P)cc2)c(OC(CF)CF)n1. The lowest BCUT2D eigenvalue weighted by Gasteiger charge is -2.18. The molecule has 166 valence electrons. The normalized spacial score (nSPS) is 11.7. The molecule has 0 spiro atoms. The Kier molecular flexibility index (Phi) is 6.94. The number of alkyl halides is 4. The maximum Gasteiger partial charge on any atom is 0.305 e. The van der Waals surface area contributed by atoms with Gasteiger partial charge in [-0.05, 0) is 30.3 Å². The molecule has 3 rings (SSSR count). The van der Waals surface area contributed by atoms with Crippen molar-refractivity contribution in [1.29, 1.82) is 0 Å². The molecule has 0 saturated heterocycles. The van der Waals surface area contributed by atoms with E-state index in [0.717, 1.165) is 4.57 Å². The van der Waals surface area contributed by atoms with Crippen molar-refractivity contribution in [2.24, 2.45) is 7.05 Å². The Hall–Kier alpha value is -2.94. The Labute approximate surface area is 176 Å². The monoisotopic (exact) mass is 458 g/mol. The van der Waals surface area contributed by atoms with E-state index in [4.69, 9.17) is 9.47 Å². The molecule has 0 fully saturated rings. The van der Waals surface area contributed by atoms with Crippen LogP contribution in [0, 0.1) is 0 Å². The molecular formula is C19H19F4N4O3P. The van der Waals surface area contributed by atoms with Crippen LogP contribution in [0.5, 0.6) is 11.8 Å². The second kappa shape index (κ2) is 9.47. The first-order chi connectivity index (χ1) is 14.7. The van der Waals surface area contributed by atoms with Gasteiger partial charge in [0.2, 0.25) is 0 Å². The maximum absolute atomic E-state index is 13.1. The van der Waals surface area contributed by atoms with Gasteiger partial charge >= 0.3 is 6.01 Å². The smallest absolute Gasteiger partial charge is 0.305 e. The van der Waals surface area contributed by atoms with E-state index in [1.165, 1.54) is 50.5 Å². The van der Waals surface area contributed by atoms with Gasteiger partial charge in [0.25, 0.3) is 11.2 Å². The molecule has 31 heavy (non-hydrogen) atoms. The summed E-state index contributed by atoms with van der Waals surface area (Å²) in [6.07, 6.45) is 0.0540. The van der Waals surface area contributed by atoms with E-state index in [2.05, 4.69) is 10.1 Å². The van der Waals surface area contributed by atoms with Crippen LogP contribution in [-0.4, -0.2) is 51.1 Å². The molecule has 0 N–H and O–H groups in total. The zero-order valence-electron chi connectivity index (χ0n) is 16.3. The third-order valence-corrected chi connectivity index (χ3v) is 4.28. The molecule has 2 heterocycles. The van der Waals surface area contributed by atoms with E-state index in [1.54, 1.807) is 13.1 Å². The van der Waals surface area contributed by atoms with Crippen molar-refractivity contribution in [2.45, 2.75) is 11.8 Å². The summed E-state index contributed by atoms with van der Waals surface area (Å²) in [5.74, 6) is 0.145. The van der Waals surface area contributed by atoms with Gasteiger partial charge < -0.3 is 9.47 Å². The van der Waals surface area contributed by atoms with Crippen LogP contribution >= 0.6 is 9.24 Å². The van der Waals surface area contributed by atoms with Crippen molar-refractivity contribution in [3.8, 4) is 28.8 Å². The van der Waals surface area contributed by atoms with Crippen LogP contribution in [0.15, 0.2) is 47.4 Å². The van der Waals surface area contributed by atoms with Gasteiger partial charge in [0.1, 0.15) is 19.1 Å². The van der Waals surface area contributed by atoms with Gasteiger partial charge in [-0.25, -0.2) is 13.3 Å². The Morgan fingerprint density at radius 1 is 1.16 bits per heavy atom. The Morgan fingerprint density at radius 3 is 2.39 bits per heavy atom. The highest BCUT2D eigenvalue weighted by molar-refractivity contribution is 7.18. The Bertz CT molecular complexity index is 1080. The highest BCUT2D eigenvalue weighted by Gasteiger charge is 2.22. The van der Waals surface area contributed by atoms with Gasteiger partial charge in [-0.3, -0.25) is 9.48 Å². The predicted octanol–water partition coefficient (Wildman–Crippen LogP) is 3.17. The van der Waals surface area contributed by atoms with Crippen LogP contribution in [0.4, 0.5) is 17.6 Å². The lowest BCUT2D eigenvalue weighted by Crippen LogP contribution is -2.28. The van der Waals surface area contributed by atoms with Gasteiger partial charge in [0.05, 0.1) is 17.1 Å². The topological polar surface area (TPSA) is 71.2 Å². The highest BCUT2D eigenvalue weighted by Crippen LogP contribution is 2.25. The van der Waals surface area contributed by atoms with Crippen molar-refractivity contribution < 1.29 is 27.0 Å². The third kappa shape index (κ3) is 5.61. The van der Waals surface area contributed by atoms with Gasteiger partial charge in [-0.1, -0.05) is 9.24 Å². The van der Waals surface area contributed by atoms with Crippen molar-refractivity contribution in [3.05, 3.63) is 52.9 Å². The minimum Gasteiger partial charge on any atom is -0.487 e. The fraction of sp³-hybridized carbons (Fsp3) is 0.316. The van der Waals surface area contributed by atoms with Gasteiger partial charge in [-0.15, -0.1) is 0 Å². The van der Waals surface area contributed by atoms with Crippen molar-refractivity contribution in [1.82, 2.24) is 19.3 Å². The van der Waals surface area contributed by atoms with E-state index >= 15 is 0 Å². The molecule has 2 aromatic heterocycles. The predicted molar refractivity (Wildman–Crippen MR) is 109 cm³/mol. The second-order valence-electron chi connectivity index (χ2n) is 6.53. The first kappa shape index (κ1) is 22.7. The zero-order valence-corrected chi connectivity index (χ0v) is 17.5. The number of ether oxygens (including phenoxy) is 2. The van der Waals surface area contributed by atoms with Gasteiger partial charge in [0, 0.05) is 19.3 Å². The number of halogens is 4. The summed E-state index contributed by atoms with van der Waals surface area (Å²) < 4.78 is 64.8. The summed E-state index contributed by atoms with van der Waals surface area (Å²) in [5, 5.41) is 4.01. The minimum absolute atomic E-state index is 0.145. The number of aromatic nitrogens is 4. The Balaban J connectivity index is 2.02. The largest absolute Gasteiger partial charge is 0.487 e. The number of rotatable bonds is 9. The molecular weight excluding hydrogens is 439 g/mol. The van der Waals surface area contributed by atoms with E-state index < -0.39 is 37.3 Å². The summed E-state index contributed by atoms with van der Waals surface area (Å²) in [6, 6.07) is 8.09.